The van der Waals surface area contributed by atoms with Crippen molar-refractivity contribution in [3.63, 3.8) is 0 Å². The zero-order valence-corrected chi connectivity index (χ0v) is 11.6. The Kier molecular flexibility index (Phi) is 2.22. The molecule has 1 saturated heterocycles. The van der Waals surface area contributed by atoms with Gasteiger partial charge in [0.25, 0.3) is 0 Å². The van der Waals surface area contributed by atoms with Gasteiger partial charge in [-0.05, 0) is 43.5 Å². The first-order chi connectivity index (χ1) is 9.18. The fraction of sp³-hybridized carbons (Fsp3) is 0.412. The summed E-state index contributed by atoms with van der Waals surface area (Å²) < 4.78 is 0. The molecule has 1 aliphatic carbocycles. The zero-order valence-electron chi connectivity index (χ0n) is 11.6. The van der Waals surface area contributed by atoms with Crippen molar-refractivity contribution in [2.75, 3.05) is 13.6 Å². The van der Waals surface area contributed by atoms with Crippen LogP contribution in [0.2, 0.25) is 0 Å². The Morgan fingerprint density at radius 2 is 2.11 bits per heavy atom. The second kappa shape index (κ2) is 3.73. The molecule has 2 heterocycles. The molecule has 0 unspecified atom stereocenters. The smallest absolute Gasteiger partial charge is 0.0469 e. The number of benzene rings is 1. The second-order valence-electron chi connectivity index (χ2n) is 6.16. The third-order valence-electron chi connectivity index (χ3n) is 5.21. The van der Waals surface area contributed by atoms with Crippen molar-refractivity contribution in [3.8, 4) is 0 Å². The molecule has 98 valence electrons. The van der Waals surface area contributed by atoms with Crippen molar-refractivity contribution in [1.82, 2.24) is 9.88 Å². The Hall–Kier alpha value is -1.54. The summed E-state index contributed by atoms with van der Waals surface area (Å²) in [4.78, 5) is 6.13. The van der Waals surface area contributed by atoms with E-state index in [-0.39, 0.29) is 0 Å². The molecule has 2 heteroatoms. The number of fused-ring (bicyclic) bond motifs is 6. The van der Waals surface area contributed by atoms with E-state index in [0.717, 1.165) is 0 Å². The minimum Gasteiger partial charge on any atom is -0.355 e. The van der Waals surface area contributed by atoms with Crippen LogP contribution in [0.5, 0.6) is 0 Å². The van der Waals surface area contributed by atoms with Gasteiger partial charge in [0.15, 0.2) is 0 Å². The van der Waals surface area contributed by atoms with Crippen LogP contribution in [-0.4, -0.2) is 23.5 Å². The molecule has 4 rings (SSSR count). The summed E-state index contributed by atoms with van der Waals surface area (Å²) in [5.41, 5.74) is 5.36. The predicted octanol–water partition coefficient (Wildman–Crippen LogP) is 3.82. The van der Waals surface area contributed by atoms with E-state index in [9.17, 15) is 0 Å². The van der Waals surface area contributed by atoms with Crippen LogP contribution in [0.4, 0.5) is 0 Å². The molecule has 19 heavy (non-hydrogen) atoms. The monoisotopic (exact) mass is 252 g/mol. The number of H-pyrrole nitrogens is 1. The topological polar surface area (TPSA) is 19.0 Å². The van der Waals surface area contributed by atoms with Gasteiger partial charge in [0, 0.05) is 28.2 Å². The highest BCUT2D eigenvalue weighted by Gasteiger charge is 2.43. The van der Waals surface area contributed by atoms with Gasteiger partial charge in [-0.15, -0.1) is 0 Å². The molecule has 2 nitrogen and oxygen atoms in total. The number of allylic oxidation sites excluding steroid dienone is 1. The summed E-state index contributed by atoms with van der Waals surface area (Å²) in [5.74, 6) is 1.31. The summed E-state index contributed by atoms with van der Waals surface area (Å²) in [6.45, 7) is 7.97. The van der Waals surface area contributed by atoms with Gasteiger partial charge >= 0.3 is 0 Å². The van der Waals surface area contributed by atoms with Crippen LogP contribution in [-0.2, 0) is 0 Å². The van der Waals surface area contributed by atoms with Crippen molar-refractivity contribution < 1.29 is 0 Å². The molecule has 1 aromatic heterocycles. The van der Waals surface area contributed by atoms with Gasteiger partial charge in [0.1, 0.15) is 0 Å². The number of aromatic nitrogens is 1. The fourth-order valence-electron chi connectivity index (χ4n) is 4.25. The van der Waals surface area contributed by atoms with E-state index in [4.69, 9.17) is 0 Å². The Labute approximate surface area is 114 Å². The first kappa shape index (κ1) is 11.3. The van der Waals surface area contributed by atoms with Gasteiger partial charge in [-0.25, -0.2) is 0 Å². The van der Waals surface area contributed by atoms with Crippen LogP contribution in [0, 0.1) is 11.8 Å². The molecule has 2 aromatic rings. The molecule has 2 aliphatic rings. The highest BCUT2D eigenvalue weighted by atomic mass is 15.1. The van der Waals surface area contributed by atoms with Crippen LogP contribution >= 0.6 is 0 Å². The minimum atomic E-state index is 0.537. The standard InChI is InChI=1S/C17H20N2/c1-10-12-8-9-19(3)17(11(12)2)15-13-6-4-5-7-14(13)18-16(10)15/h4-7,11-12,17-18H,1,8-9H2,2-3H3/t11-,12+,17+/m1/s1. The number of piperidine rings is 1. The molecule has 1 fully saturated rings. The normalized spacial score (nSPS) is 30.6. The summed E-state index contributed by atoms with van der Waals surface area (Å²) >= 11 is 0. The Morgan fingerprint density at radius 1 is 1.32 bits per heavy atom. The number of nitrogens with one attached hydrogen (secondary N) is 1. The van der Waals surface area contributed by atoms with Crippen LogP contribution in [0.3, 0.4) is 0 Å². The maximum Gasteiger partial charge on any atom is 0.0469 e. The van der Waals surface area contributed by atoms with Crippen molar-refractivity contribution in [1.29, 1.82) is 0 Å². The Bertz CT molecular complexity index is 667. The number of hydrogen-bond donors (Lipinski definition) is 1. The van der Waals surface area contributed by atoms with Gasteiger partial charge in [0.05, 0.1) is 0 Å². The lowest BCUT2D eigenvalue weighted by Gasteiger charge is -2.47. The number of rotatable bonds is 0. The summed E-state index contributed by atoms with van der Waals surface area (Å²) in [6, 6.07) is 9.20. The van der Waals surface area contributed by atoms with Gasteiger partial charge in [-0.3, -0.25) is 4.90 Å². The van der Waals surface area contributed by atoms with E-state index in [2.05, 4.69) is 54.7 Å². The number of nitrogens with zero attached hydrogens (tertiary/aromatic N) is 1. The highest BCUT2D eigenvalue weighted by Crippen LogP contribution is 2.52. The number of aromatic amines is 1. The van der Waals surface area contributed by atoms with Gasteiger partial charge in [0.2, 0.25) is 0 Å². The maximum atomic E-state index is 4.40. The van der Waals surface area contributed by atoms with Crippen molar-refractivity contribution >= 4 is 16.5 Å². The van der Waals surface area contributed by atoms with Crippen molar-refractivity contribution in [2.45, 2.75) is 19.4 Å². The van der Waals surface area contributed by atoms with Crippen molar-refractivity contribution in [2.24, 2.45) is 11.8 Å². The molecule has 0 spiro atoms. The van der Waals surface area contributed by atoms with E-state index in [1.807, 2.05) is 0 Å². The minimum absolute atomic E-state index is 0.537. The predicted molar refractivity (Wildman–Crippen MR) is 80.0 cm³/mol. The van der Waals surface area contributed by atoms with E-state index >= 15 is 0 Å². The lowest BCUT2D eigenvalue weighted by Crippen LogP contribution is -2.43. The third-order valence-corrected chi connectivity index (χ3v) is 5.21. The van der Waals surface area contributed by atoms with E-state index < -0.39 is 0 Å². The van der Waals surface area contributed by atoms with Crippen LogP contribution in [0.1, 0.15) is 30.6 Å². The quantitative estimate of drug-likeness (QED) is 0.755. The molecule has 0 saturated carbocycles. The molecular weight excluding hydrogens is 232 g/mol. The first-order valence-electron chi connectivity index (χ1n) is 7.18. The molecule has 0 radical (unpaired) electrons. The third kappa shape index (κ3) is 1.35. The average Bonchev–Trinajstić information content (AvgIpc) is 2.77. The number of hydrogen-bond acceptors (Lipinski definition) is 1. The molecule has 2 bridgehead atoms. The van der Waals surface area contributed by atoms with E-state index in [1.165, 1.54) is 40.7 Å². The lowest BCUT2D eigenvalue weighted by molar-refractivity contribution is 0.0977. The Morgan fingerprint density at radius 3 is 2.95 bits per heavy atom. The first-order valence-corrected chi connectivity index (χ1v) is 7.18. The maximum absolute atomic E-state index is 4.40. The molecular formula is C17H20N2. The van der Waals surface area contributed by atoms with Crippen LogP contribution < -0.4 is 0 Å². The summed E-state index contributed by atoms with van der Waals surface area (Å²) in [6.07, 6.45) is 1.24. The van der Waals surface area contributed by atoms with Crippen molar-refractivity contribution in [3.05, 3.63) is 42.1 Å². The summed E-state index contributed by atoms with van der Waals surface area (Å²) in [5, 5.41) is 1.38. The Balaban J connectivity index is 2.05. The van der Waals surface area contributed by atoms with Gasteiger partial charge in [-0.2, -0.15) is 0 Å². The van der Waals surface area contributed by atoms with E-state index in [0.29, 0.717) is 17.9 Å². The van der Waals surface area contributed by atoms with Crippen LogP contribution in [0.25, 0.3) is 16.5 Å². The molecule has 1 N–H and O–H groups in total. The SMILES string of the molecule is C=C1c2[nH]c3ccccc3c2[C@@H]2[C@H](C)[C@H]1CCN2C. The molecule has 0 amide bonds. The molecule has 3 atom stereocenters. The lowest BCUT2D eigenvalue weighted by atomic mass is 9.68. The van der Waals surface area contributed by atoms with E-state index in [1.54, 1.807) is 0 Å². The summed E-state index contributed by atoms with van der Waals surface area (Å²) in [7, 11) is 2.26. The highest BCUT2D eigenvalue weighted by molar-refractivity contribution is 5.91. The second-order valence-corrected chi connectivity index (χ2v) is 6.16. The van der Waals surface area contributed by atoms with Crippen LogP contribution in [0.15, 0.2) is 30.8 Å². The number of para-hydroxylation sites is 1. The zero-order chi connectivity index (χ0) is 13.1. The fourth-order valence-corrected chi connectivity index (χ4v) is 4.25. The molecule has 1 aromatic carbocycles. The number of likely N-dealkylation sites (tertiary alicyclic amines) is 1. The largest absolute Gasteiger partial charge is 0.355 e. The van der Waals surface area contributed by atoms with Gasteiger partial charge < -0.3 is 4.98 Å². The average molecular weight is 252 g/mol. The van der Waals surface area contributed by atoms with Gasteiger partial charge in [-0.1, -0.05) is 31.7 Å². The molecule has 1 aliphatic heterocycles.